The molecule has 0 spiro atoms. The maximum absolute atomic E-state index is 8.35. The molecule has 3 N–H and O–H groups in total. The van der Waals surface area contributed by atoms with Gasteiger partial charge in [-0.2, -0.15) is 0 Å². The molecule has 0 bridgehead atoms. The molecule has 2 rings (SSSR count). The van der Waals surface area contributed by atoms with Crippen LogP contribution in [0.4, 0.5) is 5.69 Å². The van der Waals surface area contributed by atoms with Crippen molar-refractivity contribution in [1.82, 2.24) is 0 Å². The van der Waals surface area contributed by atoms with Crippen LogP contribution in [0.3, 0.4) is 0 Å². The number of methoxy groups -OCH3 is 3. The Morgan fingerprint density at radius 2 is 1.57 bits per heavy atom. The predicted octanol–water partition coefficient (Wildman–Crippen LogP) is 2.71. The van der Waals surface area contributed by atoms with Crippen molar-refractivity contribution in [2.24, 2.45) is 0 Å². The number of ether oxygens (including phenoxy) is 3. The summed E-state index contributed by atoms with van der Waals surface area (Å²) >= 11 is 0. The average molecular weight is 286 g/mol. The van der Waals surface area contributed by atoms with Gasteiger partial charge in [-0.25, -0.2) is 0 Å². The average Bonchev–Trinajstić information content (AvgIpc) is 2.54. The summed E-state index contributed by atoms with van der Waals surface area (Å²) in [4.78, 5) is 0. The van der Waals surface area contributed by atoms with Crippen molar-refractivity contribution in [2.45, 2.75) is 0 Å². The van der Waals surface area contributed by atoms with Gasteiger partial charge in [0.15, 0.2) is 11.5 Å². The molecule has 0 unspecified atom stereocenters. The number of nitrogen functional groups attached to an aromatic ring is 1. The highest BCUT2D eigenvalue weighted by Gasteiger charge is 2.21. The van der Waals surface area contributed by atoms with Crippen LogP contribution in [0, 0.1) is 5.41 Å². The van der Waals surface area contributed by atoms with Crippen molar-refractivity contribution in [3.8, 4) is 17.2 Å². The molecule has 0 heterocycles. The second-order valence-electron chi connectivity index (χ2n) is 4.35. The molecule has 0 aliphatic heterocycles. The molecule has 0 aromatic heterocycles. The first-order valence-corrected chi connectivity index (χ1v) is 6.36. The highest BCUT2D eigenvalue weighted by atomic mass is 16.5. The summed E-state index contributed by atoms with van der Waals surface area (Å²) in [6, 6.07) is 11.0. The minimum Gasteiger partial charge on any atom is -0.493 e. The number of rotatable bonds is 5. The van der Waals surface area contributed by atoms with Crippen LogP contribution in [0.1, 0.15) is 11.1 Å². The van der Waals surface area contributed by atoms with E-state index in [1.165, 1.54) is 21.3 Å². The minimum absolute atomic E-state index is 0.298. The fourth-order valence-electron chi connectivity index (χ4n) is 2.15. The van der Waals surface area contributed by atoms with Crippen LogP contribution in [0.2, 0.25) is 0 Å². The first-order chi connectivity index (χ1) is 10.1. The van der Waals surface area contributed by atoms with Crippen molar-refractivity contribution >= 4 is 11.4 Å². The predicted molar refractivity (Wildman–Crippen MR) is 82.9 cm³/mol. The lowest BCUT2D eigenvalue weighted by Crippen LogP contribution is -2.09. The topological polar surface area (TPSA) is 77.6 Å². The number of anilines is 1. The maximum atomic E-state index is 8.35. The summed E-state index contributed by atoms with van der Waals surface area (Å²) in [5, 5.41) is 8.35. The van der Waals surface area contributed by atoms with E-state index in [2.05, 4.69) is 0 Å². The van der Waals surface area contributed by atoms with Crippen LogP contribution in [0.5, 0.6) is 17.2 Å². The molecule has 0 saturated heterocycles. The van der Waals surface area contributed by atoms with Gasteiger partial charge in [-0.15, -0.1) is 0 Å². The lowest BCUT2D eigenvalue weighted by atomic mass is 9.99. The zero-order chi connectivity index (χ0) is 15.4. The van der Waals surface area contributed by atoms with Crippen molar-refractivity contribution in [3.63, 3.8) is 0 Å². The Hall–Kier alpha value is -2.69. The van der Waals surface area contributed by atoms with Gasteiger partial charge >= 0.3 is 0 Å². The monoisotopic (exact) mass is 286 g/mol. The van der Waals surface area contributed by atoms with E-state index in [1.54, 1.807) is 6.07 Å². The summed E-state index contributed by atoms with van der Waals surface area (Å²) in [7, 11) is 4.55. The molecule has 0 aliphatic carbocycles. The molecule has 5 nitrogen and oxygen atoms in total. The molecular weight excluding hydrogens is 268 g/mol. The van der Waals surface area contributed by atoms with E-state index in [1.807, 2.05) is 30.3 Å². The molecule has 110 valence electrons. The largest absolute Gasteiger partial charge is 0.493 e. The highest BCUT2D eigenvalue weighted by molar-refractivity contribution is 6.15. The van der Waals surface area contributed by atoms with Gasteiger partial charge in [0.1, 0.15) is 0 Å². The Labute approximate surface area is 123 Å². The minimum atomic E-state index is 0.298. The Balaban J connectivity index is 2.62. The van der Waals surface area contributed by atoms with Gasteiger partial charge in [-0.05, 0) is 6.07 Å². The highest BCUT2D eigenvalue weighted by Crippen LogP contribution is 2.44. The number of hydrogen-bond acceptors (Lipinski definition) is 5. The van der Waals surface area contributed by atoms with Crippen molar-refractivity contribution in [3.05, 3.63) is 47.5 Å². The van der Waals surface area contributed by atoms with Crippen molar-refractivity contribution in [1.29, 1.82) is 5.41 Å². The molecule has 5 heteroatoms. The lowest BCUT2D eigenvalue weighted by Gasteiger charge is -2.17. The summed E-state index contributed by atoms with van der Waals surface area (Å²) in [5.74, 6) is 1.26. The van der Waals surface area contributed by atoms with Crippen LogP contribution >= 0.6 is 0 Å². The fourth-order valence-corrected chi connectivity index (χ4v) is 2.15. The van der Waals surface area contributed by atoms with E-state index in [0.717, 1.165) is 5.56 Å². The molecular formula is C16H18N2O3. The molecule has 0 amide bonds. The second-order valence-corrected chi connectivity index (χ2v) is 4.35. The second kappa shape index (κ2) is 6.17. The third-order valence-corrected chi connectivity index (χ3v) is 3.20. The van der Waals surface area contributed by atoms with Crippen LogP contribution in [0.25, 0.3) is 0 Å². The van der Waals surface area contributed by atoms with Gasteiger partial charge in [-0.1, -0.05) is 30.3 Å². The van der Waals surface area contributed by atoms with Gasteiger partial charge in [0.05, 0.1) is 32.7 Å². The molecule has 21 heavy (non-hydrogen) atoms. The first-order valence-electron chi connectivity index (χ1n) is 6.36. The third kappa shape index (κ3) is 2.63. The van der Waals surface area contributed by atoms with Gasteiger partial charge in [0.25, 0.3) is 0 Å². The van der Waals surface area contributed by atoms with Crippen LogP contribution < -0.4 is 19.9 Å². The maximum Gasteiger partial charge on any atom is 0.205 e. The number of nitrogens with one attached hydrogen (secondary N) is 1. The Bertz CT molecular complexity index is 654. The van der Waals surface area contributed by atoms with E-state index >= 15 is 0 Å². The molecule has 0 aliphatic rings. The van der Waals surface area contributed by atoms with Crippen molar-refractivity contribution in [2.75, 3.05) is 27.1 Å². The van der Waals surface area contributed by atoms with Gasteiger partial charge < -0.3 is 19.9 Å². The van der Waals surface area contributed by atoms with E-state index < -0.39 is 0 Å². The molecule has 2 aromatic carbocycles. The smallest absolute Gasteiger partial charge is 0.205 e. The Kier molecular flexibility index (Phi) is 4.33. The van der Waals surface area contributed by atoms with E-state index in [-0.39, 0.29) is 0 Å². The van der Waals surface area contributed by atoms with E-state index in [0.29, 0.717) is 34.2 Å². The number of hydrogen-bond donors (Lipinski definition) is 2. The first kappa shape index (κ1) is 14.7. The normalized spacial score (nSPS) is 10.0. The molecule has 2 aromatic rings. The van der Waals surface area contributed by atoms with Gasteiger partial charge in [0, 0.05) is 11.1 Å². The molecule has 0 atom stereocenters. The fraction of sp³-hybridized carbons (Fsp3) is 0.188. The number of benzene rings is 2. The van der Waals surface area contributed by atoms with E-state index in [4.69, 9.17) is 25.4 Å². The SMILES string of the molecule is COc1cc(C(=N)c2ccccc2)c(N)c(OC)c1OC. The molecule has 0 saturated carbocycles. The number of nitrogens with two attached hydrogens (primary N) is 1. The molecule has 0 fully saturated rings. The summed E-state index contributed by atoms with van der Waals surface area (Å²) < 4.78 is 15.9. The zero-order valence-electron chi connectivity index (χ0n) is 12.3. The van der Waals surface area contributed by atoms with Gasteiger partial charge in [-0.3, -0.25) is 5.41 Å². The lowest BCUT2D eigenvalue weighted by molar-refractivity contribution is 0.325. The standard InChI is InChI=1S/C16H18N2O3/c1-19-12-9-11(13(17)10-7-5-4-6-8-10)14(18)16(21-3)15(12)20-2/h4-9,17H,18H2,1-3H3. The Morgan fingerprint density at radius 3 is 2.10 bits per heavy atom. The summed E-state index contributed by atoms with van der Waals surface area (Å²) in [6.07, 6.45) is 0. The van der Waals surface area contributed by atoms with Crippen molar-refractivity contribution < 1.29 is 14.2 Å². The summed E-state index contributed by atoms with van der Waals surface area (Å²) in [6.45, 7) is 0. The molecule has 0 radical (unpaired) electrons. The van der Waals surface area contributed by atoms with Crippen LogP contribution in [-0.4, -0.2) is 27.0 Å². The summed E-state index contributed by atoms with van der Waals surface area (Å²) in [5.41, 5.74) is 8.08. The quantitative estimate of drug-likeness (QED) is 0.654. The van der Waals surface area contributed by atoms with Crippen LogP contribution in [0.15, 0.2) is 36.4 Å². The van der Waals surface area contributed by atoms with E-state index in [9.17, 15) is 0 Å². The van der Waals surface area contributed by atoms with Gasteiger partial charge in [0.2, 0.25) is 5.75 Å². The Morgan fingerprint density at radius 1 is 0.952 bits per heavy atom. The zero-order valence-corrected chi connectivity index (χ0v) is 12.3. The third-order valence-electron chi connectivity index (χ3n) is 3.20. The van der Waals surface area contributed by atoms with Crippen LogP contribution in [-0.2, 0) is 0 Å².